The molecule has 4 rings (SSSR count). The zero-order valence-electron chi connectivity index (χ0n) is 18.1. The van der Waals surface area contributed by atoms with Gasteiger partial charge in [0.15, 0.2) is 5.96 Å². The minimum absolute atomic E-state index is 0. The average molecular weight is 530 g/mol. The Labute approximate surface area is 201 Å². The van der Waals surface area contributed by atoms with Gasteiger partial charge in [0.25, 0.3) is 0 Å². The predicted octanol–water partition coefficient (Wildman–Crippen LogP) is 3.82. The van der Waals surface area contributed by atoms with E-state index in [1.54, 1.807) is 6.20 Å². The van der Waals surface area contributed by atoms with E-state index in [0.29, 0.717) is 18.6 Å². The van der Waals surface area contributed by atoms with Crippen molar-refractivity contribution in [2.24, 2.45) is 4.99 Å². The first-order valence-corrected chi connectivity index (χ1v) is 10.5. The Balaban J connectivity index is 0.00000272. The number of benzene rings is 2. The second kappa shape index (κ2) is 11.3. The van der Waals surface area contributed by atoms with Crippen LogP contribution < -0.4 is 10.6 Å². The van der Waals surface area contributed by atoms with Gasteiger partial charge in [0.1, 0.15) is 0 Å². The first kappa shape index (κ1) is 23.3. The largest absolute Gasteiger partial charge is 0.352 e. The number of nitrogens with zero attached hydrogens (tertiary/aromatic N) is 4. The number of rotatable bonds is 6. The molecule has 2 unspecified atom stereocenters. The quantitative estimate of drug-likeness (QED) is 0.289. The SMILES string of the molecule is CN=C(NCc1ccccc1-n1ccnc1)NC1CC(C)N(Cc2ccccc2)C1.I. The van der Waals surface area contributed by atoms with Gasteiger partial charge in [-0.15, -0.1) is 24.0 Å². The molecule has 0 aliphatic carbocycles. The number of halogens is 1. The van der Waals surface area contributed by atoms with Crippen LogP contribution in [0.15, 0.2) is 78.3 Å². The summed E-state index contributed by atoms with van der Waals surface area (Å²) in [6.45, 7) is 5.01. The van der Waals surface area contributed by atoms with Crippen LogP contribution in [-0.4, -0.2) is 46.1 Å². The van der Waals surface area contributed by atoms with Crippen LogP contribution >= 0.6 is 24.0 Å². The van der Waals surface area contributed by atoms with Gasteiger partial charge >= 0.3 is 0 Å². The second-order valence-corrected chi connectivity index (χ2v) is 7.87. The summed E-state index contributed by atoms with van der Waals surface area (Å²) < 4.78 is 2.04. The third kappa shape index (κ3) is 6.07. The van der Waals surface area contributed by atoms with E-state index in [-0.39, 0.29) is 24.0 Å². The fourth-order valence-electron chi connectivity index (χ4n) is 4.12. The van der Waals surface area contributed by atoms with Gasteiger partial charge in [-0.3, -0.25) is 9.89 Å². The Bertz CT molecular complexity index is 957. The molecule has 0 amide bonds. The zero-order valence-corrected chi connectivity index (χ0v) is 20.4. The topological polar surface area (TPSA) is 57.5 Å². The monoisotopic (exact) mass is 530 g/mol. The first-order chi connectivity index (χ1) is 14.7. The van der Waals surface area contributed by atoms with E-state index < -0.39 is 0 Å². The van der Waals surface area contributed by atoms with Gasteiger partial charge in [0.2, 0.25) is 0 Å². The molecule has 0 radical (unpaired) electrons. The van der Waals surface area contributed by atoms with E-state index in [4.69, 9.17) is 0 Å². The molecule has 1 aliphatic rings. The summed E-state index contributed by atoms with van der Waals surface area (Å²) in [5.41, 5.74) is 3.69. The summed E-state index contributed by atoms with van der Waals surface area (Å²) in [6, 6.07) is 20.0. The maximum atomic E-state index is 4.45. The normalized spacial score (nSPS) is 19.1. The first-order valence-electron chi connectivity index (χ1n) is 10.5. The lowest BCUT2D eigenvalue weighted by atomic mass is 10.1. The summed E-state index contributed by atoms with van der Waals surface area (Å²) in [5, 5.41) is 7.10. The summed E-state index contributed by atoms with van der Waals surface area (Å²) in [7, 11) is 1.83. The molecule has 2 heterocycles. The maximum Gasteiger partial charge on any atom is 0.191 e. The molecule has 1 aromatic heterocycles. The van der Waals surface area contributed by atoms with Crippen molar-refractivity contribution in [1.29, 1.82) is 0 Å². The number of aromatic nitrogens is 2. The van der Waals surface area contributed by atoms with Crippen LogP contribution in [0, 0.1) is 0 Å². The third-order valence-electron chi connectivity index (χ3n) is 5.72. The van der Waals surface area contributed by atoms with Crippen LogP contribution in [0.25, 0.3) is 5.69 Å². The van der Waals surface area contributed by atoms with Crippen LogP contribution in [0.1, 0.15) is 24.5 Å². The van der Waals surface area contributed by atoms with Gasteiger partial charge in [-0.05, 0) is 30.5 Å². The molecule has 2 atom stereocenters. The number of para-hydroxylation sites is 1. The number of nitrogens with one attached hydrogen (secondary N) is 2. The van der Waals surface area contributed by atoms with E-state index in [1.807, 2.05) is 30.2 Å². The Hall–Kier alpha value is -2.39. The van der Waals surface area contributed by atoms with Gasteiger partial charge in [-0.2, -0.15) is 0 Å². The number of hydrogen-bond donors (Lipinski definition) is 2. The van der Waals surface area contributed by atoms with Crippen LogP contribution in [0.4, 0.5) is 0 Å². The molecule has 2 aromatic carbocycles. The number of guanidine groups is 1. The minimum Gasteiger partial charge on any atom is -0.352 e. The molecule has 164 valence electrons. The average Bonchev–Trinajstić information content (AvgIpc) is 3.42. The molecule has 31 heavy (non-hydrogen) atoms. The molecule has 1 aliphatic heterocycles. The Kier molecular flexibility index (Phi) is 8.48. The van der Waals surface area contributed by atoms with Crippen molar-refractivity contribution in [3.8, 4) is 5.69 Å². The van der Waals surface area contributed by atoms with Crippen LogP contribution in [0.5, 0.6) is 0 Å². The molecule has 0 bridgehead atoms. The van der Waals surface area contributed by atoms with Crippen molar-refractivity contribution >= 4 is 29.9 Å². The van der Waals surface area contributed by atoms with E-state index in [2.05, 4.69) is 81.0 Å². The maximum absolute atomic E-state index is 4.45. The number of imidazole rings is 1. The van der Waals surface area contributed by atoms with E-state index >= 15 is 0 Å². The van der Waals surface area contributed by atoms with Gasteiger partial charge < -0.3 is 15.2 Å². The van der Waals surface area contributed by atoms with E-state index in [0.717, 1.165) is 31.2 Å². The Morgan fingerprint density at radius 3 is 2.65 bits per heavy atom. The third-order valence-corrected chi connectivity index (χ3v) is 5.72. The highest BCUT2D eigenvalue weighted by Gasteiger charge is 2.29. The highest BCUT2D eigenvalue weighted by molar-refractivity contribution is 14.0. The van der Waals surface area contributed by atoms with Crippen molar-refractivity contribution in [3.05, 3.63) is 84.4 Å². The highest BCUT2D eigenvalue weighted by atomic mass is 127. The summed E-state index contributed by atoms with van der Waals surface area (Å²) in [6.07, 6.45) is 6.70. The molecule has 1 saturated heterocycles. The van der Waals surface area contributed by atoms with Crippen molar-refractivity contribution in [3.63, 3.8) is 0 Å². The summed E-state index contributed by atoms with van der Waals surface area (Å²) in [4.78, 5) is 11.2. The summed E-state index contributed by atoms with van der Waals surface area (Å²) >= 11 is 0. The van der Waals surface area contributed by atoms with Crippen molar-refractivity contribution in [1.82, 2.24) is 25.1 Å². The van der Waals surface area contributed by atoms with Crippen molar-refractivity contribution in [2.75, 3.05) is 13.6 Å². The zero-order chi connectivity index (χ0) is 20.8. The predicted molar refractivity (Wildman–Crippen MR) is 137 cm³/mol. The molecule has 0 spiro atoms. The molecule has 7 heteroatoms. The lowest BCUT2D eigenvalue weighted by Crippen LogP contribution is -2.44. The highest BCUT2D eigenvalue weighted by Crippen LogP contribution is 2.20. The molecule has 3 aromatic rings. The summed E-state index contributed by atoms with van der Waals surface area (Å²) in [5.74, 6) is 0.842. The van der Waals surface area contributed by atoms with Crippen LogP contribution in [-0.2, 0) is 13.1 Å². The number of likely N-dealkylation sites (tertiary alicyclic amines) is 1. The standard InChI is InChI=1S/C24H30N6.HI/c1-19-14-22(17-30(19)16-20-8-4-3-5-9-20)28-24(25-2)27-15-21-10-6-7-11-23(21)29-13-12-26-18-29;/h3-13,18-19,22H,14-17H2,1-2H3,(H2,25,27,28);1H. The smallest absolute Gasteiger partial charge is 0.191 e. The fraction of sp³-hybridized carbons (Fsp3) is 0.333. The van der Waals surface area contributed by atoms with Gasteiger partial charge in [-0.1, -0.05) is 48.5 Å². The lowest BCUT2D eigenvalue weighted by Gasteiger charge is -2.21. The molecule has 6 nitrogen and oxygen atoms in total. The lowest BCUT2D eigenvalue weighted by molar-refractivity contribution is 0.258. The van der Waals surface area contributed by atoms with Crippen LogP contribution in [0.3, 0.4) is 0 Å². The molecule has 2 N–H and O–H groups in total. The van der Waals surface area contributed by atoms with E-state index in [1.165, 1.54) is 11.1 Å². The van der Waals surface area contributed by atoms with Gasteiger partial charge in [0.05, 0.1) is 12.0 Å². The number of aliphatic imine (C=N–C) groups is 1. The molecular weight excluding hydrogens is 499 g/mol. The van der Waals surface area contributed by atoms with E-state index in [9.17, 15) is 0 Å². The van der Waals surface area contributed by atoms with Crippen LogP contribution in [0.2, 0.25) is 0 Å². The van der Waals surface area contributed by atoms with Crippen molar-refractivity contribution < 1.29 is 0 Å². The second-order valence-electron chi connectivity index (χ2n) is 7.87. The molecule has 0 saturated carbocycles. The number of hydrogen-bond acceptors (Lipinski definition) is 3. The van der Waals surface area contributed by atoms with Gasteiger partial charge in [-0.25, -0.2) is 4.98 Å². The van der Waals surface area contributed by atoms with Gasteiger partial charge in [0, 0.05) is 51.2 Å². The molecule has 1 fully saturated rings. The molecular formula is C24H31IN6. The van der Waals surface area contributed by atoms with Crippen molar-refractivity contribution in [2.45, 2.75) is 38.5 Å². The Morgan fingerprint density at radius 1 is 1.13 bits per heavy atom. The Morgan fingerprint density at radius 2 is 1.90 bits per heavy atom. The fourth-order valence-corrected chi connectivity index (χ4v) is 4.12. The minimum atomic E-state index is 0.